The highest BCUT2D eigenvalue weighted by Gasteiger charge is 2.41. The summed E-state index contributed by atoms with van der Waals surface area (Å²) in [6, 6.07) is 9.61. The second-order valence-electron chi connectivity index (χ2n) is 6.50. The van der Waals surface area contributed by atoms with Crippen molar-refractivity contribution < 1.29 is 4.79 Å². The maximum Gasteiger partial charge on any atom is 0.272 e. The number of rotatable bonds is 3. The largest absolute Gasteiger partial charge is 0.337 e. The monoisotopic (exact) mass is 308 g/mol. The number of carbonyl (C=O) groups excluding carboxylic acids is 1. The van der Waals surface area contributed by atoms with Gasteiger partial charge in [0.05, 0.1) is 0 Å². The van der Waals surface area contributed by atoms with Crippen molar-refractivity contribution in [2.45, 2.75) is 6.54 Å². The fourth-order valence-corrected chi connectivity index (χ4v) is 3.79. The Balaban J connectivity index is 1.36. The molecule has 2 aromatic heterocycles. The predicted molar refractivity (Wildman–Crippen MR) is 86.6 cm³/mol. The maximum atomic E-state index is 12.5. The van der Waals surface area contributed by atoms with E-state index in [9.17, 15) is 4.79 Å². The number of pyridine rings is 2. The van der Waals surface area contributed by atoms with Crippen LogP contribution in [0.4, 0.5) is 0 Å². The van der Waals surface area contributed by atoms with E-state index in [-0.39, 0.29) is 5.91 Å². The van der Waals surface area contributed by atoms with Gasteiger partial charge in [-0.1, -0.05) is 12.1 Å². The van der Waals surface area contributed by atoms with Crippen molar-refractivity contribution in [2.24, 2.45) is 11.8 Å². The zero-order valence-electron chi connectivity index (χ0n) is 13.0. The Morgan fingerprint density at radius 2 is 1.87 bits per heavy atom. The summed E-state index contributed by atoms with van der Waals surface area (Å²) in [4.78, 5) is 25.3. The first kappa shape index (κ1) is 14.3. The molecule has 0 aromatic carbocycles. The number of fused-ring (bicyclic) bond motifs is 1. The number of hydrogen-bond donors (Lipinski definition) is 0. The summed E-state index contributed by atoms with van der Waals surface area (Å²) >= 11 is 0. The van der Waals surface area contributed by atoms with Gasteiger partial charge in [-0.2, -0.15) is 0 Å². The molecular weight excluding hydrogens is 288 g/mol. The summed E-state index contributed by atoms with van der Waals surface area (Å²) in [5.41, 5.74) is 1.81. The van der Waals surface area contributed by atoms with E-state index in [0.717, 1.165) is 32.7 Å². The number of carbonyl (C=O) groups is 1. The minimum atomic E-state index is 0.0683. The molecule has 2 aliphatic heterocycles. The Hall–Kier alpha value is -2.27. The summed E-state index contributed by atoms with van der Waals surface area (Å²) in [7, 11) is 0. The molecule has 1 amide bonds. The van der Waals surface area contributed by atoms with E-state index in [2.05, 4.69) is 20.9 Å². The molecule has 5 nitrogen and oxygen atoms in total. The van der Waals surface area contributed by atoms with Gasteiger partial charge in [-0.25, -0.2) is 0 Å². The average Bonchev–Trinajstić information content (AvgIpc) is 3.14. The number of hydrogen-bond acceptors (Lipinski definition) is 4. The van der Waals surface area contributed by atoms with Crippen LogP contribution in [-0.2, 0) is 6.54 Å². The Labute approximate surface area is 136 Å². The molecule has 0 N–H and O–H groups in total. The third-order valence-corrected chi connectivity index (χ3v) is 4.86. The lowest BCUT2D eigenvalue weighted by Gasteiger charge is -2.21. The molecule has 0 radical (unpaired) electrons. The fraction of sp³-hybridized carbons (Fsp3) is 0.389. The molecule has 118 valence electrons. The molecule has 0 bridgehead atoms. The predicted octanol–water partition coefficient (Wildman–Crippen LogP) is 1.68. The molecule has 2 aliphatic rings. The Bertz CT molecular complexity index is 662. The van der Waals surface area contributed by atoms with Crippen LogP contribution in [0, 0.1) is 11.8 Å². The van der Waals surface area contributed by atoms with Crippen LogP contribution in [0.15, 0.2) is 48.9 Å². The molecule has 4 rings (SSSR count). The maximum absolute atomic E-state index is 12.5. The molecule has 2 aromatic rings. The van der Waals surface area contributed by atoms with Gasteiger partial charge < -0.3 is 4.90 Å². The van der Waals surface area contributed by atoms with Crippen LogP contribution < -0.4 is 0 Å². The van der Waals surface area contributed by atoms with Gasteiger partial charge in [0.25, 0.3) is 5.91 Å². The Morgan fingerprint density at radius 1 is 1.04 bits per heavy atom. The number of likely N-dealkylation sites (tertiary alicyclic amines) is 2. The van der Waals surface area contributed by atoms with E-state index in [0.29, 0.717) is 17.5 Å². The first-order valence-electron chi connectivity index (χ1n) is 8.11. The first-order chi connectivity index (χ1) is 11.3. The molecule has 4 heterocycles. The summed E-state index contributed by atoms with van der Waals surface area (Å²) in [6.45, 7) is 4.78. The zero-order chi connectivity index (χ0) is 15.6. The molecule has 0 unspecified atom stereocenters. The molecule has 2 fully saturated rings. The Morgan fingerprint density at radius 3 is 2.52 bits per heavy atom. The summed E-state index contributed by atoms with van der Waals surface area (Å²) < 4.78 is 0. The quantitative estimate of drug-likeness (QED) is 0.865. The van der Waals surface area contributed by atoms with Crippen molar-refractivity contribution in [1.29, 1.82) is 0 Å². The number of amides is 1. The highest BCUT2D eigenvalue weighted by Crippen LogP contribution is 2.32. The van der Waals surface area contributed by atoms with E-state index >= 15 is 0 Å². The van der Waals surface area contributed by atoms with Crippen molar-refractivity contribution in [1.82, 2.24) is 19.8 Å². The van der Waals surface area contributed by atoms with Crippen LogP contribution in [0.5, 0.6) is 0 Å². The minimum Gasteiger partial charge on any atom is -0.337 e. The van der Waals surface area contributed by atoms with E-state index < -0.39 is 0 Å². The number of aromatic nitrogens is 2. The number of nitrogens with zero attached hydrogens (tertiary/aromatic N) is 4. The van der Waals surface area contributed by atoms with Gasteiger partial charge in [0, 0.05) is 51.3 Å². The van der Waals surface area contributed by atoms with Crippen molar-refractivity contribution in [2.75, 3.05) is 26.2 Å². The van der Waals surface area contributed by atoms with Crippen molar-refractivity contribution in [3.63, 3.8) is 0 Å². The van der Waals surface area contributed by atoms with Crippen molar-refractivity contribution >= 4 is 5.91 Å². The molecule has 0 aliphatic carbocycles. The molecule has 23 heavy (non-hydrogen) atoms. The molecule has 0 saturated carbocycles. The summed E-state index contributed by atoms with van der Waals surface area (Å²) in [5, 5.41) is 0. The van der Waals surface area contributed by atoms with Gasteiger partial charge >= 0.3 is 0 Å². The fourth-order valence-electron chi connectivity index (χ4n) is 3.79. The van der Waals surface area contributed by atoms with Crippen molar-refractivity contribution in [3.05, 3.63) is 60.2 Å². The average molecular weight is 308 g/mol. The Kier molecular flexibility index (Phi) is 3.79. The van der Waals surface area contributed by atoms with Crippen LogP contribution in [-0.4, -0.2) is 51.9 Å². The molecular formula is C18H20N4O. The van der Waals surface area contributed by atoms with Crippen LogP contribution in [0.2, 0.25) is 0 Å². The lowest BCUT2D eigenvalue weighted by Crippen LogP contribution is -2.33. The molecule has 2 saturated heterocycles. The van der Waals surface area contributed by atoms with Crippen LogP contribution in [0.1, 0.15) is 16.1 Å². The van der Waals surface area contributed by atoms with E-state index in [4.69, 9.17) is 0 Å². The topological polar surface area (TPSA) is 49.3 Å². The van der Waals surface area contributed by atoms with Gasteiger partial charge in [0.1, 0.15) is 5.69 Å². The standard InChI is InChI=1S/C18H20N4O/c23-18(17-5-1-2-7-20-17)22-12-15-10-21(11-16(15)13-22)9-14-4-3-6-19-8-14/h1-8,15-16H,9-13H2/t15-,16-/m1/s1. The molecule has 5 heteroatoms. The highest BCUT2D eigenvalue weighted by molar-refractivity contribution is 5.92. The minimum absolute atomic E-state index is 0.0683. The smallest absolute Gasteiger partial charge is 0.272 e. The van der Waals surface area contributed by atoms with Gasteiger partial charge in [0.2, 0.25) is 0 Å². The van der Waals surface area contributed by atoms with Gasteiger partial charge in [-0.3, -0.25) is 19.7 Å². The second kappa shape index (κ2) is 6.08. The zero-order valence-corrected chi connectivity index (χ0v) is 13.0. The van der Waals surface area contributed by atoms with E-state index in [1.807, 2.05) is 35.5 Å². The van der Waals surface area contributed by atoms with Gasteiger partial charge in [-0.05, 0) is 35.6 Å². The van der Waals surface area contributed by atoms with E-state index in [1.165, 1.54) is 5.56 Å². The SMILES string of the molecule is O=C(c1ccccn1)N1C[C@H]2CN(Cc3cccnc3)C[C@@H]2C1. The normalized spacial score (nSPS) is 23.9. The van der Waals surface area contributed by atoms with Gasteiger partial charge in [0.15, 0.2) is 0 Å². The molecule has 2 atom stereocenters. The lowest BCUT2D eigenvalue weighted by molar-refractivity contribution is 0.0767. The van der Waals surface area contributed by atoms with Crippen LogP contribution >= 0.6 is 0 Å². The second-order valence-corrected chi connectivity index (χ2v) is 6.50. The highest BCUT2D eigenvalue weighted by atomic mass is 16.2. The third kappa shape index (κ3) is 2.97. The van der Waals surface area contributed by atoms with Crippen molar-refractivity contribution in [3.8, 4) is 0 Å². The first-order valence-corrected chi connectivity index (χ1v) is 8.11. The molecule has 0 spiro atoms. The van der Waals surface area contributed by atoms with Crippen LogP contribution in [0.3, 0.4) is 0 Å². The van der Waals surface area contributed by atoms with E-state index in [1.54, 1.807) is 12.3 Å². The summed E-state index contributed by atoms with van der Waals surface area (Å²) in [5.74, 6) is 1.23. The van der Waals surface area contributed by atoms with Gasteiger partial charge in [-0.15, -0.1) is 0 Å². The summed E-state index contributed by atoms with van der Waals surface area (Å²) in [6.07, 6.45) is 5.42. The lowest BCUT2D eigenvalue weighted by atomic mass is 10.0. The van der Waals surface area contributed by atoms with Crippen LogP contribution in [0.25, 0.3) is 0 Å². The third-order valence-electron chi connectivity index (χ3n) is 4.86.